The van der Waals surface area contributed by atoms with Crippen molar-refractivity contribution in [1.29, 1.82) is 0 Å². The van der Waals surface area contributed by atoms with Crippen molar-refractivity contribution in [3.8, 4) is 0 Å². The second kappa shape index (κ2) is 8.53. The number of nitrogens with zero attached hydrogens (tertiary/aromatic N) is 3. The van der Waals surface area contributed by atoms with Crippen LogP contribution in [0.1, 0.15) is 23.2 Å². The van der Waals surface area contributed by atoms with Gasteiger partial charge in [-0.2, -0.15) is 5.10 Å². The van der Waals surface area contributed by atoms with Gasteiger partial charge in [0.25, 0.3) is 0 Å². The van der Waals surface area contributed by atoms with Crippen LogP contribution in [0.2, 0.25) is 0 Å². The normalized spacial score (nSPS) is 10.5. The van der Waals surface area contributed by atoms with E-state index in [1.165, 1.54) is 4.90 Å². The molecule has 0 bridgehead atoms. The maximum atomic E-state index is 11.9. The van der Waals surface area contributed by atoms with E-state index in [2.05, 4.69) is 21.0 Å². The molecule has 0 radical (unpaired) electrons. The third-order valence-electron chi connectivity index (χ3n) is 3.02. The molecule has 0 spiro atoms. The highest BCUT2D eigenvalue weighted by Gasteiger charge is 2.15. The summed E-state index contributed by atoms with van der Waals surface area (Å²) < 4.78 is 17.9. The van der Waals surface area contributed by atoms with E-state index in [1.807, 2.05) is 0 Å². The lowest BCUT2D eigenvalue weighted by Gasteiger charge is -2.15. The number of rotatable bonds is 7. The van der Waals surface area contributed by atoms with Gasteiger partial charge >= 0.3 is 12.1 Å². The minimum atomic E-state index is -0.583. The molecule has 0 N–H and O–H groups in total. The lowest BCUT2D eigenvalue weighted by Crippen LogP contribution is -2.31. The summed E-state index contributed by atoms with van der Waals surface area (Å²) in [6.07, 6.45) is 3.00. The van der Waals surface area contributed by atoms with Crippen LogP contribution in [-0.4, -0.2) is 53.5 Å². The number of ether oxygens (including phenoxy) is 2. The van der Waals surface area contributed by atoms with Crippen LogP contribution in [-0.2, 0) is 16.0 Å². The van der Waals surface area contributed by atoms with Crippen LogP contribution in [0.3, 0.4) is 0 Å². The quantitative estimate of drug-likeness (QED) is 0.664. The molecule has 0 aliphatic carbocycles. The van der Waals surface area contributed by atoms with Crippen molar-refractivity contribution in [3.05, 3.63) is 40.5 Å². The summed E-state index contributed by atoms with van der Waals surface area (Å²) >= 11 is 3.31. The molecule has 24 heavy (non-hydrogen) atoms. The summed E-state index contributed by atoms with van der Waals surface area (Å²) in [5, 5.41) is 4.11. The van der Waals surface area contributed by atoms with E-state index in [9.17, 15) is 9.59 Å². The van der Waals surface area contributed by atoms with Crippen molar-refractivity contribution in [2.24, 2.45) is 0 Å². The Labute approximate surface area is 147 Å². The Morgan fingerprint density at radius 3 is 2.83 bits per heavy atom. The van der Waals surface area contributed by atoms with Gasteiger partial charge in [0.2, 0.25) is 5.76 Å². The third-order valence-corrected chi connectivity index (χ3v) is 3.43. The number of carbonyl (C=O) groups is 2. The maximum absolute atomic E-state index is 11.9. The van der Waals surface area contributed by atoms with Crippen LogP contribution in [0, 0.1) is 0 Å². The molecule has 0 aromatic carbocycles. The van der Waals surface area contributed by atoms with Gasteiger partial charge in [0, 0.05) is 13.2 Å². The minimum Gasteiger partial charge on any atom is -0.458 e. The topological polar surface area (TPSA) is 86.8 Å². The Kier molecular flexibility index (Phi) is 6.42. The molecule has 0 unspecified atom stereocenters. The van der Waals surface area contributed by atoms with Crippen molar-refractivity contribution < 1.29 is 23.5 Å². The van der Waals surface area contributed by atoms with Crippen LogP contribution in [0.5, 0.6) is 0 Å². The van der Waals surface area contributed by atoms with Crippen LogP contribution >= 0.6 is 15.9 Å². The predicted octanol–water partition coefficient (Wildman–Crippen LogP) is 2.53. The highest BCUT2D eigenvalue weighted by Crippen LogP contribution is 2.13. The van der Waals surface area contributed by atoms with E-state index in [0.717, 1.165) is 4.47 Å². The molecular weight excluding hydrogens is 382 g/mol. The molecule has 2 rings (SSSR count). The molecule has 0 fully saturated rings. The molecule has 8 nitrogen and oxygen atoms in total. The van der Waals surface area contributed by atoms with Gasteiger partial charge in [-0.05, 0) is 35.0 Å². The number of carbonyl (C=O) groups excluding carboxylic acids is 2. The second-order valence-electron chi connectivity index (χ2n) is 4.88. The number of amides is 1. The second-order valence-corrected chi connectivity index (χ2v) is 5.79. The largest absolute Gasteiger partial charge is 0.458 e. The number of esters is 1. The lowest BCUT2D eigenvalue weighted by atomic mass is 10.4. The Hall–Kier alpha value is -2.29. The summed E-state index contributed by atoms with van der Waals surface area (Å²) in [6, 6.07) is 3.24. The molecule has 130 valence electrons. The molecule has 0 aliphatic rings. The van der Waals surface area contributed by atoms with E-state index in [0.29, 0.717) is 18.9 Å². The first-order chi connectivity index (χ1) is 11.5. The zero-order chi connectivity index (χ0) is 17.5. The SMILES string of the molecule is CCOC(=O)N(C)CCOC(=O)c1ccc(Cn2cc(Br)cn2)o1. The Balaban J connectivity index is 1.79. The first-order valence-corrected chi connectivity index (χ1v) is 8.10. The molecule has 0 saturated carbocycles. The third kappa shape index (κ3) is 5.12. The molecular formula is C15H18BrN3O5. The van der Waals surface area contributed by atoms with Gasteiger partial charge in [0.1, 0.15) is 12.4 Å². The van der Waals surface area contributed by atoms with Gasteiger partial charge in [-0.1, -0.05) is 0 Å². The van der Waals surface area contributed by atoms with Gasteiger partial charge in [-0.15, -0.1) is 0 Å². The highest BCUT2D eigenvalue weighted by atomic mass is 79.9. The van der Waals surface area contributed by atoms with E-state index >= 15 is 0 Å². The Morgan fingerprint density at radius 1 is 1.38 bits per heavy atom. The van der Waals surface area contributed by atoms with Gasteiger partial charge in [-0.25, -0.2) is 9.59 Å². The Bertz CT molecular complexity index is 697. The number of halogens is 1. The van der Waals surface area contributed by atoms with Crippen LogP contribution in [0.25, 0.3) is 0 Å². The molecule has 1 amide bonds. The molecule has 0 saturated heterocycles. The fourth-order valence-electron chi connectivity index (χ4n) is 1.83. The van der Waals surface area contributed by atoms with E-state index in [-0.39, 0.29) is 18.9 Å². The fourth-order valence-corrected chi connectivity index (χ4v) is 2.16. The van der Waals surface area contributed by atoms with Crippen LogP contribution in [0.15, 0.2) is 33.4 Å². The minimum absolute atomic E-state index is 0.0519. The number of hydrogen-bond donors (Lipinski definition) is 0. The standard InChI is InChI=1S/C15H18BrN3O5/c1-3-22-15(21)18(2)6-7-23-14(20)13-5-4-12(24-13)10-19-9-11(16)8-17-19/h4-5,8-9H,3,6-7,10H2,1-2H3. The molecule has 2 aromatic heterocycles. The highest BCUT2D eigenvalue weighted by molar-refractivity contribution is 9.10. The first kappa shape index (κ1) is 18.1. The fraction of sp³-hybridized carbons (Fsp3) is 0.400. The average Bonchev–Trinajstić information content (AvgIpc) is 3.17. The van der Waals surface area contributed by atoms with Crippen LogP contribution in [0.4, 0.5) is 4.79 Å². The van der Waals surface area contributed by atoms with Crippen molar-refractivity contribution >= 4 is 28.0 Å². The summed E-state index contributed by atoms with van der Waals surface area (Å²) in [7, 11) is 1.57. The number of hydrogen-bond acceptors (Lipinski definition) is 6. The monoisotopic (exact) mass is 399 g/mol. The number of furan rings is 1. The number of likely N-dealkylation sites (N-methyl/N-ethyl adjacent to an activating group) is 1. The van der Waals surface area contributed by atoms with E-state index in [1.54, 1.807) is 43.2 Å². The maximum Gasteiger partial charge on any atom is 0.409 e. The summed E-state index contributed by atoms with van der Waals surface area (Å²) in [5.41, 5.74) is 0. The van der Waals surface area contributed by atoms with Crippen LogP contribution < -0.4 is 0 Å². The zero-order valence-corrected chi connectivity index (χ0v) is 15.0. The summed E-state index contributed by atoms with van der Waals surface area (Å²) in [4.78, 5) is 24.6. The van der Waals surface area contributed by atoms with Gasteiger partial charge in [0.05, 0.1) is 30.4 Å². The van der Waals surface area contributed by atoms with Crippen molar-refractivity contribution in [2.45, 2.75) is 13.5 Å². The molecule has 2 aromatic rings. The smallest absolute Gasteiger partial charge is 0.409 e. The van der Waals surface area contributed by atoms with Crippen molar-refractivity contribution in [2.75, 3.05) is 26.8 Å². The van der Waals surface area contributed by atoms with Gasteiger partial charge in [0.15, 0.2) is 0 Å². The lowest BCUT2D eigenvalue weighted by molar-refractivity contribution is 0.0421. The van der Waals surface area contributed by atoms with Crippen molar-refractivity contribution in [3.63, 3.8) is 0 Å². The number of aromatic nitrogens is 2. The summed E-state index contributed by atoms with van der Waals surface area (Å²) in [6.45, 7) is 2.72. The zero-order valence-electron chi connectivity index (χ0n) is 13.4. The van der Waals surface area contributed by atoms with E-state index in [4.69, 9.17) is 13.9 Å². The Morgan fingerprint density at radius 2 is 2.17 bits per heavy atom. The first-order valence-electron chi connectivity index (χ1n) is 7.31. The molecule has 0 aliphatic heterocycles. The van der Waals surface area contributed by atoms with Crippen molar-refractivity contribution in [1.82, 2.24) is 14.7 Å². The average molecular weight is 400 g/mol. The van der Waals surface area contributed by atoms with Gasteiger partial charge < -0.3 is 18.8 Å². The van der Waals surface area contributed by atoms with E-state index < -0.39 is 12.1 Å². The van der Waals surface area contributed by atoms with Gasteiger partial charge in [-0.3, -0.25) is 4.68 Å². The summed E-state index contributed by atoms with van der Waals surface area (Å²) in [5.74, 6) is 0.108. The molecule has 0 atom stereocenters. The predicted molar refractivity (Wildman–Crippen MR) is 87.7 cm³/mol. The molecule has 2 heterocycles. The molecule has 9 heteroatoms.